The van der Waals surface area contributed by atoms with E-state index in [1.165, 1.54) is 4.68 Å². The summed E-state index contributed by atoms with van der Waals surface area (Å²) < 4.78 is 2.04. The van der Waals surface area contributed by atoms with Crippen LogP contribution >= 0.6 is 15.9 Å². The highest BCUT2D eigenvalue weighted by Crippen LogP contribution is 2.15. The number of halogens is 1. The average Bonchev–Trinajstić information content (AvgIpc) is 2.24. The number of hydrogen-bond acceptors (Lipinski definition) is 3. The van der Waals surface area contributed by atoms with Crippen molar-refractivity contribution in [1.29, 1.82) is 0 Å². The van der Waals surface area contributed by atoms with Crippen LogP contribution in [0.2, 0.25) is 0 Å². The van der Waals surface area contributed by atoms with Crippen LogP contribution in [-0.2, 0) is 6.54 Å². The summed E-state index contributed by atoms with van der Waals surface area (Å²) in [6.45, 7) is 5.60. The van der Waals surface area contributed by atoms with Gasteiger partial charge < -0.3 is 5.32 Å². The van der Waals surface area contributed by atoms with Crippen LogP contribution in [0.25, 0.3) is 0 Å². The maximum absolute atomic E-state index is 11.8. The number of nitrogens with one attached hydrogen (secondary N) is 1. The Morgan fingerprint density at radius 1 is 1.47 bits per heavy atom. The third-order valence-electron chi connectivity index (χ3n) is 1.99. The van der Waals surface area contributed by atoms with Gasteiger partial charge in [0, 0.05) is 13.1 Å². The Morgan fingerprint density at radius 2 is 2.20 bits per heavy atom. The van der Waals surface area contributed by atoms with Crippen LogP contribution < -0.4 is 10.9 Å². The molecule has 15 heavy (non-hydrogen) atoms. The lowest BCUT2D eigenvalue weighted by Gasteiger charge is -2.08. The van der Waals surface area contributed by atoms with Crippen LogP contribution in [-0.4, -0.2) is 16.3 Å². The van der Waals surface area contributed by atoms with Crippen molar-refractivity contribution < 1.29 is 0 Å². The van der Waals surface area contributed by atoms with Gasteiger partial charge in [0.15, 0.2) is 0 Å². The minimum atomic E-state index is -0.0713. The summed E-state index contributed by atoms with van der Waals surface area (Å²) >= 11 is 3.30. The van der Waals surface area contributed by atoms with Gasteiger partial charge in [0.1, 0.15) is 4.47 Å². The van der Waals surface area contributed by atoms with E-state index in [1.54, 1.807) is 6.20 Å². The number of nitrogens with zero attached hydrogens (tertiary/aromatic N) is 2. The summed E-state index contributed by atoms with van der Waals surface area (Å²) in [5.74, 6) is 0. The zero-order valence-corrected chi connectivity index (χ0v) is 10.7. The van der Waals surface area contributed by atoms with E-state index >= 15 is 0 Å². The largest absolute Gasteiger partial charge is 0.383 e. The van der Waals surface area contributed by atoms with Crippen molar-refractivity contribution in [3.8, 4) is 0 Å². The van der Waals surface area contributed by atoms with Crippen molar-refractivity contribution in [3.05, 3.63) is 21.0 Å². The fourth-order valence-corrected chi connectivity index (χ4v) is 1.67. The average molecular weight is 274 g/mol. The third-order valence-corrected chi connectivity index (χ3v) is 2.75. The van der Waals surface area contributed by atoms with E-state index in [2.05, 4.69) is 33.3 Å². The maximum Gasteiger partial charge on any atom is 0.283 e. The van der Waals surface area contributed by atoms with Gasteiger partial charge in [-0.15, -0.1) is 0 Å². The van der Waals surface area contributed by atoms with Crippen LogP contribution in [0.3, 0.4) is 0 Å². The molecule has 0 aromatic carbocycles. The van der Waals surface area contributed by atoms with Crippen molar-refractivity contribution in [1.82, 2.24) is 9.78 Å². The molecular formula is C10H16BrN3O. The van der Waals surface area contributed by atoms with Crippen LogP contribution in [0.1, 0.15) is 26.7 Å². The summed E-state index contributed by atoms with van der Waals surface area (Å²) in [5, 5.41) is 7.24. The zero-order chi connectivity index (χ0) is 11.3. The number of rotatable bonds is 5. The Kier molecular flexibility index (Phi) is 4.81. The molecule has 0 atom stereocenters. The SMILES string of the molecule is CCCNc1cnn(CCC)c(=O)c1Br. The van der Waals surface area contributed by atoms with E-state index in [-0.39, 0.29) is 5.56 Å². The second-order valence-electron chi connectivity index (χ2n) is 3.33. The third kappa shape index (κ3) is 3.06. The lowest BCUT2D eigenvalue weighted by Crippen LogP contribution is -2.24. The molecule has 0 aliphatic heterocycles. The molecule has 0 saturated carbocycles. The van der Waals surface area contributed by atoms with E-state index in [4.69, 9.17) is 0 Å². The van der Waals surface area contributed by atoms with Crippen LogP contribution in [0, 0.1) is 0 Å². The Balaban J connectivity index is 2.94. The van der Waals surface area contributed by atoms with Crippen LogP contribution in [0.4, 0.5) is 5.69 Å². The minimum absolute atomic E-state index is 0.0713. The monoisotopic (exact) mass is 273 g/mol. The minimum Gasteiger partial charge on any atom is -0.383 e. The summed E-state index contributed by atoms with van der Waals surface area (Å²) in [4.78, 5) is 11.8. The van der Waals surface area contributed by atoms with E-state index in [0.717, 1.165) is 25.1 Å². The molecule has 1 aromatic rings. The molecule has 0 aliphatic carbocycles. The summed E-state index contributed by atoms with van der Waals surface area (Å²) in [6, 6.07) is 0. The number of aromatic nitrogens is 2. The molecule has 0 fully saturated rings. The molecular weight excluding hydrogens is 258 g/mol. The van der Waals surface area contributed by atoms with Gasteiger partial charge in [-0.3, -0.25) is 4.79 Å². The second kappa shape index (κ2) is 5.90. The number of hydrogen-bond donors (Lipinski definition) is 1. The first-order valence-electron chi connectivity index (χ1n) is 5.20. The smallest absolute Gasteiger partial charge is 0.283 e. The molecule has 0 aliphatic rings. The Bertz CT molecular complexity index is 375. The van der Waals surface area contributed by atoms with Crippen molar-refractivity contribution in [2.45, 2.75) is 33.2 Å². The Morgan fingerprint density at radius 3 is 2.80 bits per heavy atom. The van der Waals surface area contributed by atoms with Gasteiger partial charge in [-0.2, -0.15) is 5.10 Å². The van der Waals surface area contributed by atoms with Gasteiger partial charge in [-0.1, -0.05) is 13.8 Å². The highest BCUT2D eigenvalue weighted by Gasteiger charge is 2.07. The molecule has 1 aromatic heterocycles. The van der Waals surface area contributed by atoms with Crippen molar-refractivity contribution >= 4 is 21.6 Å². The predicted molar refractivity (Wildman–Crippen MR) is 65.3 cm³/mol. The molecule has 0 radical (unpaired) electrons. The first-order chi connectivity index (χ1) is 7.20. The normalized spacial score (nSPS) is 10.3. The van der Waals surface area contributed by atoms with Crippen molar-refractivity contribution in [2.75, 3.05) is 11.9 Å². The highest BCUT2D eigenvalue weighted by atomic mass is 79.9. The van der Waals surface area contributed by atoms with E-state index in [9.17, 15) is 4.79 Å². The van der Waals surface area contributed by atoms with Gasteiger partial charge in [-0.05, 0) is 28.8 Å². The van der Waals surface area contributed by atoms with E-state index < -0.39 is 0 Å². The lowest BCUT2D eigenvalue weighted by molar-refractivity contribution is 0.566. The van der Waals surface area contributed by atoms with Gasteiger partial charge in [0.2, 0.25) is 0 Å². The highest BCUT2D eigenvalue weighted by molar-refractivity contribution is 9.10. The van der Waals surface area contributed by atoms with Gasteiger partial charge in [-0.25, -0.2) is 4.68 Å². The van der Waals surface area contributed by atoms with Crippen molar-refractivity contribution in [3.63, 3.8) is 0 Å². The molecule has 1 N–H and O–H groups in total. The molecule has 84 valence electrons. The van der Waals surface area contributed by atoms with Gasteiger partial charge in [0.25, 0.3) is 5.56 Å². The second-order valence-corrected chi connectivity index (χ2v) is 4.12. The molecule has 1 rings (SSSR count). The first kappa shape index (κ1) is 12.2. The lowest BCUT2D eigenvalue weighted by atomic mass is 10.4. The topological polar surface area (TPSA) is 46.9 Å². The van der Waals surface area contributed by atoms with Crippen LogP contribution in [0.15, 0.2) is 15.5 Å². The molecule has 5 heteroatoms. The van der Waals surface area contributed by atoms with E-state index in [0.29, 0.717) is 11.0 Å². The summed E-state index contributed by atoms with van der Waals surface area (Å²) in [7, 11) is 0. The molecule has 0 unspecified atom stereocenters. The van der Waals surface area contributed by atoms with Gasteiger partial charge >= 0.3 is 0 Å². The summed E-state index contributed by atoms with van der Waals surface area (Å²) in [5.41, 5.74) is 0.701. The molecule has 0 amide bonds. The summed E-state index contributed by atoms with van der Waals surface area (Å²) in [6.07, 6.45) is 3.61. The standard InChI is InChI=1S/C10H16BrN3O/c1-3-5-12-8-7-13-14(6-4-2)10(15)9(8)11/h7,12H,3-6H2,1-2H3. The fourth-order valence-electron chi connectivity index (χ4n) is 1.22. The number of aryl methyl sites for hydroxylation is 1. The molecule has 1 heterocycles. The molecule has 4 nitrogen and oxygen atoms in total. The fraction of sp³-hybridized carbons (Fsp3) is 0.600. The Labute approximate surface area is 97.8 Å². The molecule has 0 bridgehead atoms. The van der Waals surface area contributed by atoms with Crippen molar-refractivity contribution in [2.24, 2.45) is 0 Å². The Hall–Kier alpha value is -0.840. The van der Waals surface area contributed by atoms with E-state index in [1.807, 2.05) is 6.92 Å². The van der Waals surface area contributed by atoms with Crippen LogP contribution in [0.5, 0.6) is 0 Å². The predicted octanol–water partition coefficient (Wildman–Crippen LogP) is 2.24. The molecule has 0 saturated heterocycles. The molecule has 0 spiro atoms. The quantitative estimate of drug-likeness (QED) is 0.895. The first-order valence-corrected chi connectivity index (χ1v) is 5.99. The number of anilines is 1. The zero-order valence-electron chi connectivity index (χ0n) is 9.09. The maximum atomic E-state index is 11.8. The van der Waals surface area contributed by atoms with Gasteiger partial charge in [0.05, 0.1) is 11.9 Å².